The topological polar surface area (TPSA) is 137 Å². The molecule has 35 heavy (non-hydrogen) atoms. The van der Waals surface area contributed by atoms with Gasteiger partial charge in [-0.2, -0.15) is 0 Å². The van der Waals surface area contributed by atoms with Gasteiger partial charge in [0.2, 0.25) is 0 Å². The fourth-order valence-electron chi connectivity index (χ4n) is 3.42. The van der Waals surface area contributed by atoms with Gasteiger partial charge >= 0.3 is 17.9 Å². The molecule has 0 saturated carbocycles. The molecule has 3 aromatic rings. The minimum atomic E-state index is -1.58. The molecule has 9 nitrogen and oxygen atoms in total. The zero-order valence-corrected chi connectivity index (χ0v) is 21.3. The molecule has 0 aromatic heterocycles. The highest BCUT2D eigenvalue weighted by Gasteiger charge is 2.16. The van der Waals surface area contributed by atoms with Crippen LogP contribution in [0.4, 0.5) is 16.2 Å². The Balaban J connectivity index is 1.74. The number of carbonyl (C=O) groups is 3. The number of phenolic OH excluding ortho intramolecular Hbond substituents is 1. The molecule has 0 fully saturated rings. The lowest BCUT2D eigenvalue weighted by atomic mass is 10.1. The molecule has 10 heteroatoms. The van der Waals surface area contributed by atoms with Crippen LogP contribution in [0, 0.1) is 17.4 Å². The summed E-state index contributed by atoms with van der Waals surface area (Å²) in [6.45, 7) is 5.36. The third-order valence-corrected chi connectivity index (χ3v) is 6.05. The molecular formula is C25H24IN3O6. The number of ether oxygens (including phenoxy) is 1. The van der Waals surface area contributed by atoms with E-state index < -0.39 is 17.9 Å². The van der Waals surface area contributed by atoms with Gasteiger partial charge in [-0.3, -0.25) is 4.79 Å². The molecule has 0 radical (unpaired) electrons. The number of carbonyl (C=O) groups excluding carboxylic acids is 2. The van der Waals surface area contributed by atoms with Crippen molar-refractivity contribution in [3.05, 3.63) is 74.9 Å². The highest BCUT2D eigenvalue weighted by Crippen LogP contribution is 2.35. The maximum atomic E-state index is 12.6. The number of aromatic hydroxyl groups is 1. The fraction of sp³-hybridized carbons (Fsp3) is 0.160. The molecule has 0 heterocycles. The van der Waals surface area contributed by atoms with E-state index in [0.717, 1.165) is 9.13 Å². The largest absolute Gasteiger partial charge is 0.506 e. The number of urea groups is 1. The van der Waals surface area contributed by atoms with Crippen LogP contribution in [0.2, 0.25) is 0 Å². The zero-order valence-electron chi connectivity index (χ0n) is 19.2. The molecule has 3 amide bonds. The third-order valence-electron chi connectivity index (χ3n) is 5.07. The predicted molar refractivity (Wildman–Crippen MR) is 140 cm³/mol. The van der Waals surface area contributed by atoms with Crippen molar-refractivity contribution in [1.29, 1.82) is 0 Å². The van der Waals surface area contributed by atoms with Crippen molar-refractivity contribution in [1.82, 2.24) is 5.32 Å². The first-order valence-corrected chi connectivity index (χ1v) is 11.6. The number of hydrogen-bond donors (Lipinski definition) is 5. The van der Waals surface area contributed by atoms with Crippen molar-refractivity contribution in [3.8, 4) is 17.2 Å². The molecule has 1 unspecified atom stereocenters. The Kier molecular flexibility index (Phi) is 8.18. The van der Waals surface area contributed by atoms with Crippen molar-refractivity contribution in [2.45, 2.75) is 26.8 Å². The van der Waals surface area contributed by atoms with Crippen molar-refractivity contribution < 1.29 is 29.3 Å². The van der Waals surface area contributed by atoms with Crippen molar-refractivity contribution in [2.24, 2.45) is 0 Å². The third kappa shape index (κ3) is 6.63. The highest BCUT2D eigenvalue weighted by molar-refractivity contribution is 14.1. The maximum absolute atomic E-state index is 12.6. The number of hydrogen-bond acceptors (Lipinski definition) is 5. The standard InChI is InChI=1S/C25H24IN3O6/c1-13-10-16(28-23(31)24(32)33)11-14(2)22(13)35-17-8-9-21(30)20(12-17)29-25(34)27-15(3)18-6-4-5-7-19(18)26/h4-12,15,30H,1-3H3,(H,28,31)(H,32,33)(H2,27,29,34). The van der Waals surface area contributed by atoms with Gasteiger partial charge < -0.3 is 30.9 Å². The van der Waals surface area contributed by atoms with E-state index in [2.05, 4.69) is 38.5 Å². The molecule has 5 N–H and O–H groups in total. The Hall–Kier alpha value is -3.80. The SMILES string of the molecule is Cc1cc(NC(=O)C(=O)O)cc(C)c1Oc1ccc(O)c(NC(=O)NC(C)c2ccccc2I)c1. The maximum Gasteiger partial charge on any atom is 0.394 e. The Bertz CT molecular complexity index is 1270. The van der Waals surface area contributed by atoms with E-state index in [1.54, 1.807) is 32.0 Å². The summed E-state index contributed by atoms with van der Waals surface area (Å²) in [7, 11) is 0. The minimum absolute atomic E-state index is 0.130. The molecule has 182 valence electrons. The second-order valence-corrected chi connectivity index (χ2v) is 8.98. The van der Waals surface area contributed by atoms with Crippen LogP contribution in [-0.4, -0.2) is 28.1 Å². The van der Waals surface area contributed by atoms with E-state index in [0.29, 0.717) is 28.3 Å². The van der Waals surface area contributed by atoms with Gasteiger partial charge in [0, 0.05) is 15.3 Å². The Labute approximate surface area is 215 Å². The second kappa shape index (κ2) is 11.1. The van der Waals surface area contributed by atoms with Gasteiger partial charge in [0.15, 0.2) is 0 Å². The lowest BCUT2D eigenvalue weighted by Crippen LogP contribution is -2.31. The Morgan fingerprint density at radius 2 is 1.63 bits per heavy atom. The number of aryl methyl sites for hydroxylation is 2. The first-order chi connectivity index (χ1) is 16.5. The lowest BCUT2D eigenvalue weighted by Gasteiger charge is -2.18. The number of benzene rings is 3. The van der Waals surface area contributed by atoms with Crippen LogP contribution < -0.4 is 20.7 Å². The number of phenols is 1. The number of amides is 3. The van der Waals surface area contributed by atoms with Crippen LogP contribution in [0.25, 0.3) is 0 Å². The first-order valence-electron chi connectivity index (χ1n) is 10.5. The van der Waals surface area contributed by atoms with Crippen LogP contribution in [0.5, 0.6) is 17.2 Å². The monoisotopic (exact) mass is 589 g/mol. The predicted octanol–water partition coefficient (Wildman–Crippen LogP) is 5.31. The average Bonchev–Trinajstić information content (AvgIpc) is 2.78. The average molecular weight is 589 g/mol. The highest BCUT2D eigenvalue weighted by atomic mass is 127. The van der Waals surface area contributed by atoms with Crippen LogP contribution in [0.3, 0.4) is 0 Å². The molecule has 0 aliphatic heterocycles. The molecule has 3 aromatic carbocycles. The van der Waals surface area contributed by atoms with Gasteiger partial charge in [0.1, 0.15) is 17.2 Å². The molecule has 0 saturated heterocycles. The molecule has 1 atom stereocenters. The summed E-state index contributed by atoms with van der Waals surface area (Å²) >= 11 is 2.21. The molecule has 0 aliphatic rings. The summed E-state index contributed by atoms with van der Waals surface area (Å²) in [6, 6.07) is 14.6. The quantitative estimate of drug-likeness (QED) is 0.150. The second-order valence-electron chi connectivity index (χ2n) is 7.82. The van der Waals surface area contributed by atoms with Crippen molar-refractivity contribution in [3.63, 3.8) is 0 Å². The van der Waals surface area contributed by atoms with Crippen LogP contribution in [0.15, 0.2) is 54.6 Å². The van der Waals surface area contributed by atoms with Crippen LogP contribution in [-0.2, 0) is 9.59 Å². The van der Waals surface area contributed by atoms with E-state index in [9.17, 15) is 19.5 Å². The van der Waals surface area contributed by atoms with Crippen LogP contribution in [0.1, 0.15) is 29.7 Å². The molecule has 0 bridgehead atoms. The van der Waals surface area contributed by atoms with E-state index in [-0.39, 0.29) is 17.5 Å². The van der Waals surface area contributed by atoms with E-state index in [1.165, 1.54) is 12.1 Å². The molecule has 0 aliphatic carbocycles. The summed E-state index contributed by atoms with van der Waals surface area (Å²) in [5, 5.41) is 26.8. The summed E-state index contributed by atoms with van der Waals surface area (Å²) in [6.07, 6.45) is 0. The normalized spacial score (nSPS) is 11.3. The smallest absolute Gasteiger partial charge is 0.394 e. The summed E-state index contributed by atoms with van der Waals surface area (Å²) < 4.78 is 7.00. The molecular weight excluding hydrogens is 565 g/mol. The van der Waals surface area contributed by atoms with Gasteiger partial charge in [-0.15, -0.1) is 0 Å². The number of nitrogens with one attached hydrogen (secondary N) is 3. The summed E-state index contributed by atoms with van der Waals surface area (Å²) in [5.41, 5.74) is 2.76. The molecule has 3 rings (SSSR count). The number of rotatable bonds is 6. The number of carboxylic acid groups (broad SMARTS) is 1. The number of anilines is 2. The Morgan fingerprint density at radius 1 is 0.971 bits per heavy atom. The van der Waals surface area contributed by atoms with Gasteiger partial charge in [-0.1, -0.05) is 18.2 Å². The Morgan fingerprint density at radius 3 is 2.26 bits per heavy atom. The number of carboxylic acids is 1. The minimum Gasteiger partial charge on any atom is -0.506 e. The van der Waals surface area contributed by atoms with Crippen molar-refractivity contribution >= 4 is 51.9 Å². The fourth-order valence-corrected chi connectivity index (χ4v) is 4.28. The van der Waals surface area contributed by atoms with E-state index >= 15 is 0 Å². The van der Waals surface area contributed by atoms with Gasteiger partial charge in [0.25, 0.3) is 0 Å². The van der Waals surface area contributed by atoms with Crippen LogP contribution >= 0.6 is 22.6 Å². The zero-order chi connectivity index (χ0) is 25.7. The lowest BCUT2D eigenvalue weighted by molar-refractivity contribution is -0.147. The van der Waals surface area contributed by atoms with Gasteiger partial charge in [-0.25, -0.2) is 9.59 Å². The summed E-state index contributed by atoms with van der Waals surface area (Å²) in [5.74, 6) is -2.00. The van der Waals surface area contributed by atoms with Gasteiger partial charge in [0.05, 0.1) is 11.7 Å². The number of aliphatic carboxylic acids is 1. The first kappa shape index (κ1) is 25.8. The van der Waals surface area contributed by atoms with Gasteiger partial charge in [-0.05, 0) is 90.4 Å². The van der Waals surface area contributed by atoms with E-state index in [1.807, 2.05) is 31.2 Å². The van der Waals surface area contributed by atoms with E-state index in [4.69, 9.17) is 9.84 Å². The van der Waals surface area contributed by atoms with Crippen molar-refractivity contribution in [2.75, 3.05) is 10.6 Å². The number of halogens is 1. The summed E-state index contributed by atoms with van der Waals surface area (Å²) in [4.78, 5) is 34.8. The molecule has 0 spiro atoms.